The summed E-state index contributed by atoms with van der Waals surface area (Å²) in [5.41, 5.74) is 11.8. The number of unbranched alkanes of at least 4 members (excludes halogenated alkanes) is 12. The Bertz CT molecular complexity index is 3390. The SMILES string of the molecule is C[Si]1(CCCCCCc2ccc(C(=O)C=Cc3ccccc3)cc2)O[Si](C)(CCCCCCc2ccc(C(=O)C=Cc3ccccc3)cc2)O[Si](C)(CCCCCCc2ccc(C(=O)C=Cc3ccccc3)cc2)O[Si](C)(CCCCCCc2ccc(C(=O)C=Cc3ccccc3)cc2)O1. The van der Waals surface area contributed by atoms with E-state index in [0.717, 1.165) is 175 Å². The van der Waals surface area contributed by atoms with Crippen LogP contribution >= 0.6 is 0 Å². The zero-order chi connectivity index (χ0) is 70.1. The average Bonchev–Trinajstić information content (AvgIpc) is 0.767. The fourth-order valence-electron chi connectivity index (χ4n) is 13.5. The van der Waals surface area contributed by atoms with Gasteiger partial charge in [0.05, 0.1) is 0 Å². The summed E-state index contributed by atoms with van der Waals surface area (Å²) < 4.78 is 31.1. The van der Waals surface area contributed by atoms with Crippen LogP contribution in [0.4, 0.5) is 0 Å². The molecule has 0 bridgehead atoms. The van der Waals surface area contributed by atoms with E-state index >= 15 is 0 Å². The van der Waals surface area contributed by atoms with Gasteiger partial charge in [0.1, 0.15) is 0 Å². The Kier molecular flexibility index (Phi) is 30.5. The lowest BCUT2D eigenvalue weighted by Crippen LogP contribution is -2.67. The van der Waals surface area contributed by atoms with E-state index in [1.807, 2.05) is 194 Å². The number of aryl methyl sites for hydroxylation is 4. The Balaban J connectivity index is 0.824. The van der Waals surface area contributed by atoms with E-state index in [-0.39, 0.29) is 23.1 Å². The van der Waals surface area contributed by atoms with Crippen molar-refractivity contribution < 1.29 is 35.6 Å². The van der Waals surface area contributed by atoms with E-state index in [4.69, 9.17) is 16.5 Å². The van der Waals surface area contributed by atoms with Crippen LogP contribution in [0.2, 0.25) is 50.4 Å². The largest absolute Gasteiger partial charge is 0.416 e. The Labute approximate surface area is 601 Å². The summed E-state index contributed by atoms with van der Waals surface area (Å²) in [6, 6.07) is 75.7. The Morgan fingerprint density at radius 3 is 0.610 bits per heavy atom. The summed E-state index contributed by atoms with van der Waals surface area (Å²) in [6.45, 7) is 9.29. The van der Waals surface area contributed by atoms with Crippen LogP contribution in [-0.2, 0) is 42.1 Å². The van der Waals surface area contributed by atoms with E-state index in [2.05, 4.69) is 74.7 Å². The second-order valence-electron chi connectivity index (χ2n) is 27.8. The van der Waals surface area contributed by atoms with Gasteiger partial charge in [0.2, 0.25) is 0 Å². The predicted octanol–water partition coefficient (Wildman–Crippen LogP) is 23.2. The minimum Gasteiger partial charge on any atom is -0.416 e. The Hall–Kier alpha value is -7.89. The molecule has 8 aromatic rings. The molecular weight excluding hydrogens is 1300 g/mol. The van der Waals surface area contributed by atoms with Crippen molar-refractivity contribution in [2.24, 2.45) is 0 Å². The van der Waals surface area contributed by atoms with Crippen LogP contribution in [0.3, 0.4) is 0 Å². The minimum atomic E-state index is -2.86. The van der Waals surface area contributed by atoms with E-state index in [9.17, 15) is 19.2 Å². The first-order chi connectivity index (χ1) is 48.6. The summed E-state index contributed by atoms with van der Waals surface area (Å²) >= 11 is 0. The Morgan fingerprint density at radius 1 is 0.240 bits per heavy atom. The third-order valence-corrected chi connectivity index (χ3v) is 37.8. The van der Waals surface area contributed by atoms with Gasteiger partial charge in [0, 0.05) is 22.3 Å². The molecule has 0 unspecified atom stereocenters. The number of benzene rings is 8. The molecule has 0 aromatic heterocycles. The number of carbonyl (C=O) groups excluding carboxylic acids is 4. The van der Waals surface area contributed by atoms with Gasteiger partial charge in [-0.3, -0.25) is 19.2 Å². The molecule has 0 radical (unpaired) electrons. The lowest BCUT2D eigenvalue weighted by molar-refractivity contribution is 0.103. The summed E-state index contributed by atoms with van der Waals surface area (Å²) in [5, 5.41) is 0. The molecule has 0 amide bonds. The van der Waals surface area contributed by atoms with Crippen LogP contribution in [0.1, 0.15) is 189 Å². The van der Waals surface area contributed by atoms with Gasteiger partial charge >= 0.3 is 34.2 Å². The molecule has 0 atom stereocenters. The first kappa shape index (κ1) is 76.3. The van der Waals surface area contributed by atoms with Crippen molar-refractivity contribution in [1.29, 1.82) is 0 Å². The number of carbonyl (C=O) groups is 4. The summed E-state index contributed by atoms with van der Waals surface area (Å²) in [7, 11) is -11.4. The highest BCUT2D eigenvalue weighted by atomic mass is 28.5. The topological polar surface area (TPSA) is 105 Å². The van der Waals surface area contributed by atoms with Crippen LogP contribution in [0, 0.1) is 0 Å². The molecule has 1 aliphatic heterocycles. The van der Waals surface area contributed by atoms with Crippen LogP contribution in [-0.4, -0.2) is 57.4 Å². The molecule has 1 fully saturated rings. The van der Waals surface area contributed by atoms with Gasteiger partial charge in [0.25, 0.3) is 0 Å². The van der Waals surface area contributed by atoms with Crippen molar-refractivity contribution in [3.8, 4) is 0 Å². The quantitative estimate of drug-likeness (QED) is 0.0162. The van der Waals surface area contributed by atoms with Gasteiger partial charge in [-0.2, -0.15) is 0 Å². The van der Waals surface area contributed by atoms with E-state index in [1.54, 1.807) is 24.3 Å². The summed E-state index contributed by atoms with van der Waals surface area (Å²) in [6.07, 6.45) is 35.0. The highest BCUT2D eigenvalue weighted by Crippen LogP contribution is 2.40. The highest BCUT2D eigenvalue weighted by molar-refractivity contribution is 6.94. The first-order valence-electron chi connectivity index (χ1n) is 36.8. The highest BCUT2D eigenvalue weighted by Gasteiger charge is 2.56. The molecule has 8 nitrogen and oxygen atoms in total. The molecule has 9 rings (SSSR count). The molecule has 0 spiro atoms. The molecule has 520 valence electrons. The van der Waals surface area contributed by atoms with Crippen molar-refractivity contribution in [2.75, 3.05) is 0 Å². The van der Waals surface area contributed by atoms with Crippen molar-refractivity contribution >= 4 is 81.7 Å². The van der Waals surface area contributed by atoms with Gasteiger partial charge in [-0.05, 0) is 171 Å². The van der Waals surface area contributed by atoms with Gasteiger partial charge in [0.15, 0.2) is 23.1 Å². The maximum Gasteiger partial charge on any atom is 0.317 e. The van der Waals surface area contributed by atoms with Crippen molar-refractivity contribution in [1.82, 2.24) is 0 Å². The van der Waals surface area contributed by atoms with Gasteiger partial charge in [-0.25, -0.2) is 0 Å². The van der Waals surface area contributed by atoms with Crippen molar-refractivity contribution in [2.45, 2.75) is 179 Å². The van der Waals surface area contributed by atoms with Crippen LogP contribution in [0.15, 0.2) is 243 Å². The van der Waals surface area contributed by atoms with Crippen LogP contribution in [0.5, 0.6) is 0 Å². The fourth-order valence-corrected chi connectivity index (χ4v) is 37.1. The molecule has 8 aromatic carbocycles. The smallest absolute Gasteiger partial charge is 0.317 e. The molecule has 1 heterocycles. The molecule has 0 N–H and O–H groups in total. The van der Waals surface area contributed by atoms with E-state index in [0.29, 0.717) is 22.3 Å². The molecule has 100 heavy (non-hydrogen) atoms. The molecule has 1 saturated heterocycles. The van der Waals surface area contributed by atoms with Crippen LogP contribution in [0.25, 0.3) is 24.3 Å². The standard InChI is InChI=1S/C88H104O8Si4/c1-97(69-29-9-5-17-41-77-45-57-81(58-46-77)85(89)65-53-73-33-21-13-22-34-73)93-98(2,70-30-10-6-18-42-78-47-59-82(60-48-78)86(90)66-54-74-35-23-14-24-36-74)95-100(4,72-32-12-8-20-44-80-51-63-84(64-52-80)88(92)68-56-76-39-27-16-28-40-76)96-99(3,94-97)71-31-11-7-19-43-79-49-61-83(62-50-79)87(91)67-55-75-37-25-15-26-38-75/h13-16,21-28,33-40,45-68H,5-12,17-20,29-32,41-44,69-72H2,1-4H3. The lowest BCUT2D eigenvalue weighted by Gasteiger charge is -2.50. The molecular formula is C88H104O8Si4. The van der Waals surface area contributed by atoms with E-state index < -0.39 is 34.2 Å². The number of hydrogen-bond acceptors (Lipinski definition) is 8. The fraction of sp³-hybridized carbons (Fsp3) is 0.318. The summed E-state index contributed by atoms with van der Waals surface area (Å²) in [4.78, 5) is 52.0. The third kappa shape index (κ3) is 26.6. The van der Waals surface area contributed by atoms with Crippen molar-refractivity contribution in [3.63, 3.8) is 0 Å². The van der Waals surface area contributed by atoms with Gasteiger partial charge in [-0.1, -0.05) is 320 Å². The molecule has 12 heteroatoms. The number of hydrogen-bond donors (Lipinski definition) is 0. The first-order valence-corrected chi connectivity index (χ1v) is 46.9. The minimum absolute atomic E-state index is 0.00856. The maximum atomic E-state index is 13.0. The van der Waals surface area contributed by atoms with Gasteiger partial charge in [-0.15, -0.1) is 0 Å². The zero-order valence-electron chi connectivity index (χ0n) is 59.6. The monoisotopic (exact) mass is 1400 g/mol. The normalized spacial score (nSPS) is 18.8. The number of allylic oxidation sites excluding steroid dienone is 4. The molecule has 0 aliphatic carbocycles. The maximum absolute atomic E-state index is 13.0. The predicted molar refractivity (Wildman–Crippen MR) is 424 cm³/mol. The lowest BCUT2D eigenvalue weighted by atomic mass is 10.0. The molecule has 0 saturated carbocycles. The average molecular weight is 1400 g/mol. The second-order valence-corrected chi connectivity index (χ2v) is 42.2. The Morgan fingerprint density at radius 2 is 0.420 bits per heavy atom. The number of ketones is 4. The zero-order valence-corrected chi connectivity index (χ0v) is 63.6. The second kappa shape index (κ2) is 39.9. The summed E-state index contributed by atoms with van der Waals surface area (Å²) in [5.74, 6) is 0.0342. The molecule has 1 aliphatic rings. The number of rotatable bonds is 40. The van der Waals surface area contributed by atoms with E-state index in [1.165, 1.54) is 22.3 Å². The van der Waals surface area contributed by atoms with Crippen molar-refractivity contribution in [3.05, 3.63) is 309 Å². The van der Waals surface area contributed by atoms with Crippen LogP contribution < -0.4 is 0 Å². The van der Waals surface area contributed by atoms with Gasteiger partial charge < -0.3 is 16.5 Å². The third-order valence-electron chi connectivity index (χ3n) is 19.0.